The molecule has 30 heavy (non-hydrogen) atoms. The van der Waals surface area contributed by atoms with Crippen LogP contribution in [0.15, 0.2) is 109 Å². The second-order valence-electron chi connectivity index (χ2n) is 6.98. The molecule has 0 saturated heterocycles. The van der Waals surface area contributed by atoms with Gasteiger partial charge < -0.3 is 4.74 Å². The van der Waals surface area contributed by atoms with Crippen molar-refractivity contribution in [2.24, 2.45) is 0 Å². The highest BCUT2D eigenvalue weighted by Gasteiger charge is 2.53. The largest absolute Gasteiger partial charge is 0.437 e. The maximum atomic E-state index is 13.4. The normalized spacial score (nSPS) is 15.1. The molecule has 4 aromatic rings. The van der Waals surface area contributed by atoms with Crippen molar-refractivity contribution in [2.75, 3.05) is 0 Å². The molecule has 4 heteroatoms. The average molecular weight is 390 g/mol. The van der Waals surface area contributed by atoms with Crippen LogP contribution in [0, 0.1) is 0 Å². The molecule has 0 N–H and O–H groups in total. The van der Waals surface area contributed by atoms with Crippen molar-refractivity contribution in [1.29, 1.82) is 0 Å². The van der Waals surface area contributed by atoms with E-state index in [4.69, 9.17) is 4.74 Å². The van der Waals surface area contributed by atoms with Crippen LogP contribution in [0.1, 0.15) is 22.5 Å². The number of carbonyl (C=O) groups excluding carboxylic acids is 1. The fourth-order valence-electron chi connectivity index (χ4n) is 3.97. The third-order valence-corrected chi connectivity index (χ3v) is 5.23. The Labute approximate surface area is 174 Å². The molecule has 144 valence electrons. The molecule has 2 aromatic carbocycles. The lowest BCUT2D eigenvalue weighted by Gasteiger charge is -2.30. The molecule has 3 heterocycles. The molecule has 0 fully saturated rings. The van der Waals surface area contributed by atoms with Gasteiger partial charge in [0.25, 0.3) is 0 Å². The van der Waals surface area contributed by atoms with Gasteiger partial charge in [0.1, 0.15) is 0 Å². The van der Waals surface area contributed by atoms with Crippen LogP contribution >= 0.6 is 0 Å². The molecule has 0 unspecified atom stereocenters. The van der Waals surface area contributed by atoms with E-state index in [-0.39, 0.29) is 0 Å². The molecule has 2 aromatic heterocycles. The Bertz CT molecular complexity index is 1170. The zero-order chi connectivity index (χ0) is 20.4. The summed E-state index contributed by atoms with van der Waals surface area (Å²) < 4.78 is 6.22. The minimum absolute atomic E-state index is 0.392. The fourth-order valence-corrected chi connectivity index (χ4v) is 3.97. The van der Waals surface area contributed by atoms with Gasteiger partial charge in [0.15, 0.2) is 0 Å². The monoisotopic (exact) mass is 390 g/mol. The van der Waals surface area contributed by atoms with Crippen molar-refractivity contribution in [3.63, 3.8) is 0 Å². The Balaban J connectivity index is 1.91. The summed E-state index contributed by atoms with van der Waals surface area (Å²) in [6, 6.07) is 30.7. The first-order valence-electron chi connectivity index (χ1n) is 9.72. The molecule has 1 aliphatic heterocycles. The number of hydrogen-bond acceptors (Lipinski definition) is 4. The molecule has 0 bridgehead atoms. The summed E-state index contributed by atoms with van der Waals surface area (Å²) in [6.07, 6.45) is 3.41. The number of nitrogens with zero attached hydrogens (tertiary/aromatic N) is 2. The molecule has 5 rings (SSSR count). The van der Waals surface area contributed by atoms with Crippen LogP contribution in [-0.2, 0) is 15.1 Å². The fraction of sp³-hybridized carbons (Fsp3) is 0.0385. The van der Waals surface area contributed by atoms with Gasteiger partial charge in [-0.15, -0.1) is 0 Å². The van der Waals surface area contributed by atoms with Gasteiger partial charge in [-0.1, -0.05) is 72.8 Å². The van der Waals surface area contributed by atoms with E-state index in [1.165, 1.54) is 0 Å². The summed E-state index contributed by atoms with van der Waals surface area (Å²) in [4.78, 5) is 22.6. The Morgan fingerprint density at radius 2 is 1.10 bits per heavy atom. The number of benzene rings is 2. The molecule has 0 amide bonds. The van der Waals surface area contributed by atoms with E-state index >= 15 is 0 Å². The summed E-state index contributed by atoms with van der Waals surface area (Å²) >= 11 is 0. The highest BCUT2D eigenvalue weighted by atomic mass is 16.6. The Hall–Kier alpha value is -4.05. The van der Waals surface area contributed by atoms with E-state index < -0.39 is 11.6 Å². The minimum Gasteiger partial charge on any atom is -0.437 e. The predicted octanol–water partition coefficient (Wildman–Crippen LogP) is 4.89. The van der Waals surface area contributed by atoms with Crippen molar-refractivity contribution >= 4 is 17.1 Å². The van der Waals surface area contributed by atoms with Crippen molar-refractivity contribution < 1.29 is 9.53 Å². The van der Waals surface area contributed by atoms with E-state index in [0.29, 0.717) is 17.0 Å². The third kappa shape index (κ3) is 2.81. The van der Waals surface area contributed by atoms with Crippen LogP contribution in [0.3, 0.4) is 0 Å². The van der Waals surface area contributed by atoms with E-state index in [1.54, 1.807) is 12.4 Å². The zero-order valence-electron chi connectivity index (χ0n) is 16.1. The van der Waals surface area contributed by atoms with Crippen LogP contribution in [0.25, 0.3) is 11.1 Å². The van der Waals surface area contributed by atoms with Crippen molar-refractivity contribution in [1.82, 2.24) is 9.97 Å². The van der Waals surface area contributed by atoms with Crippen LogP contribution in [0.4, 0.5) is 0 Å². The second kappa shape index (κ2) is 7.41. The number of cyclic esters (lactones) is 1. The van der Waals surface area contributed by atoms with Gasteiger partial charge in [0.2, 0.25) is 5.60 Å². The van der Waals surface area contributed by atoms with Gasteiger partial charge in [-0.05, 0) is 35.4 Å². The van der Waals surface area contributed by atoms with Crippen LogP contribution in [0.2, 0.25) is 0 Å². The van der Waals surface area contributed by atoms with E-state index in [2.05, 4.69) is 9.97 Å². The topological polar surface area (TPSA) is 52.1 Å². The van der Waals surface area contributed by atoms with Crippen LogP contribution < -0.4 is 0 Å². The van der Waals surface area contributed by atoms with Gasteiger partial charge in [-0.2, -0.15) is 0 Å². The maximum Gasteiger partial charge on any atom is 0.340 e. The molecule has 0 aliphatic carbocycles. The van der Waals surface area contributed by atoms with Gasteiger partial charge in [0.05, 0.1) is 17.0 Å². The van der Waals surface area contributed by atoms with Crippen molar-refractivity contribution in [3.05, 3.63) is 132 Å². The molecule has 1 aliphatic rings. The highest BCUT2D eigenvalue weighted by Crippen LogP contribution is 2.52. The van der Waals surface area contributed by atoms with Gasteiger partial charge in [-0.3, -0.25) is 9.97 Å². The van der Waals surface area contributed by atoms with E-state index in [0.717, 1.165) is 16.7 Å². The number of pyridine rings is 2. The lowest BCUT2D eigenvalue weighted by atomic mass is 9.80. The molecular formula is C26H18N2O2. The van der Waals surface area contributed by atoms with Crippen LogP contribution in [-0.4, -0.2) is 15.9 Å². The number of aromatic nitrogens is 2. The average Bonchev–Trinajstić information content (AvgIpc) is 3.15. The highest BCUT2D eigenvalue weighted by molar-refractivity contribution is 6.29. The Morgan fingerprint density at radius 3 is 1.60 bits per heavy atom. The Morgan fingerprint density at radius 1 is 0.600 bits per heavy atom. The summed E-state index contributed by atoms with van der Waals surface area (Å²) in [6.45, 7) is 0. The van der Waals surface area contributed by atoms with E-state index in [1.807, 2.05) is 97.1 Å². The standard InChI is InChI=1S/C26H18N2O2/c29-25-23(19-11-3-1-4-12-19)24(20-13-5-2-6-14-20)26(30-25,21-15-7-9-17-27-21)22-16-8-10-18-28-22/h1-18H. The summed E-state index contributed by atoms with van der Waals surface area (Å²) in [7, 11) is 0. The van der Waals surface area contributed by atoms with Crippen LogP contribution in [0.5, 0.6) is 0 Å². The first-order valence-corrected chi connectivity index (χ1v) is 9.72. The second-order valence-corrected chi connectivity index (χ2v) is 6.98. The summed E-state index contributed by atoms with van der Waals surface area (Å²) in [5, 5.41) is 0. The zero-order valence-corrected chi connectivity index (χ0v) is 16.1. The molecule has 0 spiro atoms. The first-order chi connectivity index (χ1) is 14.8. The van der Waals surface area contributed by atoms with Gasteiger partial charge in [0, 0.05) is 18.0 Å². The number of ether oxygens (including phenoxy) is 1. The number of carbonyl (C=O) groups is 1. The Kier molecular flexibility index (Phi) is 4.45. The smallest absolute Gasteiger partial charge is 0.340 e. The first kappa shape index (κ1) is 18.0. The molecule has 0 radical (unpaired) electrons. The quantitative estimate of drug-likeness (QED) is 0.466. The minimum atomic E-state index is -1.24. The molecule has 0 atom stereocenters. The van der Waals surface area contributed by atoms with E-state index in [9.17, 15) is 4.79 Å². The lowest BCUT2D eigenvalue weighted by molar-refractivity contribution is -0.142. The number of esters is 1. The molecule has 0 saturated carbocycles. The van der Waals surface area contributed by atoms with Crippen molar-refractivity contribution in [3.8, 4) is 0 Å². The van der Waals surface area contributed by atoms with Gasteiger partial charge >= 0.3 is 5.97 Å². The summed E-state index contributed by atoms with van der Waals surface area (Å²) in [5.74, 6) is -0.392. The van der Waals surface area contributed by atoms with Gasteiger partial charge in [-0.25, -0.2) is 4.79 Å². The predicted molar refractivity (Wildman–Crippen MR) is 115 cm³/mol. The SMILES string of the molecule is O=C1OC(c2ccccn2)(c2ccccn2)C(c2ccccc2)=C1c1ccccc1. The summed E-state index contributed by atoms with van der Waals surface area (Å²) in [5.41, 5.74) is 2.94. The molecular weight excluding hydrogens is 372 g/mol. The number of rotatable bonds is 4. The maximum absolute atomic E-state index is 13.4. The molecule has 4 nitrogen and oxygen atoms in total. The van der Waals surface area contributed by atoms with Crippen molar-refractivity contribution in [2.45, 2.75) is 5.60 Å². The lowest BCUT2D eigenvalue weighted by Crippen LogP contribution is -2.32. The number of hydrogen-bond donors (Lipinski definition) is 0. The third-order valence-electron chi connectivity index (χ3n) is 5.23.